The van der Waals surface area contributed by atoms with Gasteiger partial charge in [0, 0.05) is 47.0 Å². The maximum absolute atomic E-state index is 5.11. The molecule has 0 N–H and O–H groups in total. The molecule has 0 fully saturated rings. The highest BCUT2D eigenvalue weighted by molar-refractivity contribution is 7.00. The summed E-state index contributed by atoms with van der Waals surface area (Å²) in [6.07, 6.45) is 5.65. The molecule has 7 aromatic rings. The van der Waals surface area contributed by atoms with Gasteiger partial charge in [0.2, 0.25) is 0 Å². The molecule has 0 bridgehead atoms. The van der Waals surface area contributed by atoms with Crippen molar-refractivity contribution < 1.29 is 0 Å². The molecule has 0 amide bonds. The van der Waals surface area contributed by atoms with Crippen LogP contribution in [0.2, 0.25) is 0 Å². The Morgan fingerprint density at radius 3 is 1.51 bits per heavy atom. The van der Waals surface area contributed by atoms with Gasteiger partial charge in [0.25, 0.3) is 6.71 Å². The molecule has 210 valence electrons. The third-order valence-corrected chi connectivity index (χ3v) is 8.80. The van der Waals surface area contributed by atoms with Crippen molar-refractivity contribution in [1.29, 1.82) is 0 Å². The largest absolute Gasteiger partial charge is 0.311 e. The first-order chi connectivity index (χ1) is 22.3. The van der Waals surface area contributed by atoms with Crippen molar-refractivity contribution in [3.05, 3.63) is 158 Å². The van der Waals surface area contributed by atoms with Gasteiger partial charge in [-0.1, -0.05) is 72.8 Å². The van der Waals surface area contributed by atoms with E-state index in [1.165, 1.54) is 16.4 Å². The second-order valence-electron chi connectivity index (χ2n) is 11.3. The predicted molar refractivity (Wildman–Crippen MR) is 185 cm³/mol. The van der Waals surface area contributed by atoms with E-state index in [-0.39, 0.29) is 6.71 Å². The first-order valence-corrected chi connectivity index (χ1v) is 15.1. The van der Waals surface area contributed by atoms with Crippen LogP contribution in [0.1, 0.15) is 0 Å². The topological polar surface area (TPSA) is 45.2 Å². The normalized spacial score (nSPS) is 12.8. The third-order valence-electron chi connectivity index (χ3n) is 8.80. The molecular weight excluding hydrogens is 549 g/mol. The Kier molecular flexibility index (Phi) is 5.84. The first kappa shape index (κ1) is 25.5. The van der Waals surface area contributed by atoms with E-state index in [0.29, 0.717) is 0 Å². The van der Waals surface area contributed by atoms with Gasteiger partial charge in [0.1, 0.15) is 5.82 Å². The van der Waals surface area contributed by atoms with Crippen molar-refractivity contribution >= 4 is 57.4 Å². The van der Waals surface area contributed by atoms with Gasteiger partial charge in [-0.05, 0) is 94.2 Å². The van der Waals surface area contributed by atoms with E-state index in [0.717, 1.165) is 56.8 Å². The Balaban J connectivity index is 1.37. The van der Waals surface area contributed by atoms with E-state index in [9.17, 15) is 0 Å². The molecule has 6 heteroatoms. The number of nitrogens with zero attached hydrogens (tertiary/aromatic N) is 5. The van der Waals surface area contributed by atoms with E-state index in [2.05, 4.69) is 125 Å². The van der Waals surface area contributed by atoms with Gasteiger partial charge >= 0.3 is 0 Å². The molecule has 0 atom stereocenters. The van der Waals surface area contributed by atoms with E-state index < -0.39 is 0 Å². The average molecular weight is 575 g/mol. The van der Waals surface area contributed by atoms with Gasteiger partial charge in [0.05, 0.1) is 11.4 Å². The van der Waals surface area contributed by atoms with Crippen LogP contribution in [0.4, 0.5) is 34.3 Å². The Labute approximate surface area is 262 Å². The Morgan fingerprint density at radius 2 is 0.956 bits per heavy atom. The summed E-state index contributed by atoms with van der Waals surface area (Å²) < 4.78 is 0. The molecule has 0 spiro atoms. The standard InChI is InChI=1S/C39H26BN5/c1-3-11-29(12-4-1)44-35-19-17-27(33-15-7-9-22-41-33)25-31(35)40-32-26-28(34-16-8-10-23-42-34)18-20-36(32)45(30-13-5-2-6-14-30)39-38(40)37(44)21-24-43-39/h1-26H. The molecule has 3 aromatic heterocycles. The number of benzene rings is 4. The van der Waals surface area contributed by atoms with Crippen LogP contribution in [0, 0.1) is 0 Å². The van der Waals surface area contributed by atoms with Crippen LogP contribution in [0.3, 0.4) is 0 Å². The van der Waals surface area contributed by atoms with Crippen LogP contribution < -0.4 is 26.2 Å². The first-order valence-electron chi connectivity index (χ1n) is 15.1. The molecule has 5 nitrogen and oxygen atoms in total. The molecule has 2 aliphatic heterocycles. The summed E-state index contributed by atoms with van der Waals surface area (Å²) >= 11 is 0. The van der Waals surface area contributed by atoms with Crippen LogP contribution in [-0.4, -0.2) is 21.7 Å². The summed E-state index contributed by atoms with van der Waals surface area (Å²) in [5.41, 5.74) is 13.3. The van der Waals surface area contributed by atoms with Crippen molar-refractivity contribution in [3.63, 3.8) is 0 Å². The number of pyridine rings is 3. The van der Waals surface area contributed by atoms with E-state index >= 15 is 0 Å². The van der Waals surface area contributed by atoms with E-state index in [1.54, 1.807) is 0 Å². The fourth-order valence-corrected chi connectivity index (χ4v) is 6.88. The average Bonchev–Trinajstić information content (AvgIpc) is 3.12. The minimum absolute atomic E-state index is 0.0547. The van der Waals surface area contributed by atoms with Gasteiger partial charge in [0.15, 0.2) is 0 Å². The fraction of sp³-hybridized carbons (Fsp3) is 0. The highest BCUT2D eigenvalue weighted by Gasteiger charge is 2.44. The highest BCUT2D eigenvalue weighted by atomic mass is 15.2. The summed E-state index contributed by atoms with van der Waals surface area (Å²) in [7, 11) is 0. The maximum atomic E-state index is 5.11. The van der Waals surface area contributed by atoms with Crippen molar-refractivity contribution in [2.24, 2.45) is 0 Å². The molecule has 0 saturated carbocycles. The summed E-state index contributed by atoms with van der Waals surface area (Å²) in [5, 5.41) is 0. The summed E-state index contributed by atoms with van der Waals surface area (Å²) in [5.74, 6) is 0.941. The molecule has 2 aliphatic rings. The monoisotopic (exact) mass is 575 g/mol. The smallest absolute Gasteiger partial charge is 0.254 e. The summed E-state index contributed by atoms with van der Waals surface area (Å²) in [6.45, 7) is -0.0547. The lowest BCUT2D eigenvalue weighted by molar-refractivity contribution is 1.17. The van der Waals surface area contributed by atoms with E-state index in [1.807, 2.05) is 42.9 Å². The molecule has 45 heavy (non-hydrogen) atoms. The molecule has 0 unspecified atom stereocenters. The van der Waals surface area contributed by atoms with Crippen molar-refractivity contribution in [1.82, 2.24) is 15.0 Å². The Hall–Kier alpha value is -6.01. The molecule has 0 aliphatic carbocycles. The van der Waals surface area contributed by atoms with Crippen LogP contribution in [0.25, 0.3) is 22.5 Å². The lowest BCUT2D eigenvalue weighted by Crippen LogP contribution is -2.61. The Bertz CT molecular complexity index is 2020. The van der Waals surface area contributed by atoms with Gasteiger partial charge in [-0.2, -0.15) is 0 Å². The van der Waals surface area contributed by atoms with Crippen LogP contribution in [-0.2, 0) is 0 Å². The fourth-order valence-electron chi connectivity index (χ4n) is 6.88. The minimum Gasteiger partial charge on any atom is -0.311 e. The number of anilines is 6. The number of fused-ring (bicyclic) bond motifs is 4. The van der Waals surface area contributed by atoms with Crippen LogP contribution >= 0.6 is 0 Å². The summed E-state index contributed by atoms with van der Waals surface area (Å²) in [6, 6.07) is 49.0. The van der Waals surface area contributed by atoms with Crippen molar-refractivity contribution in [3.8, 4) is 22.5 Å². The second-order valence-corrected chi connectivity index (χ2v) is 11.3. The predicted octanol–water partition coefficient (Wildman–Crippen LogP) is 7.29. The van der Waals surface area contributed by atoms with Gasteiger partial charge in [-0.25, -0.2) is 4.98 Å². The lowest BCUT2D eigenvalue weighted by atomic mass is 9.33. The highest BCUT2D eigenvalue weighted by Crippen LogP contribution is 2.43. The van der Waals surface area contributed by atoms with Gasteiger partial charge in [-0.3, -0.25) is 14.9 Å². The third kappa shape index (κ3) is 4.07. The van der Waals surface area contributed by atoms with Crippen LogP contribution in [0.5, 0.6) is 0 Å². The SMILES string of the molecule is c1ccc(N2c3ccc(-c4ccccn4)cc3B3c4cc(-c5ccccn5)ccc4N(c4ccccc4)c4nccc2c43)cc1. The number of para-hydroxylation sites is 2. The van der Waals surface area contributed by atoms with Crippen LogP contribution in [0.15, 0.2) is 158 Å². The number of hydrogen-bond donors (Lipinski definition) is 0. The van der Waals surface area contributed by atoms with Gasteiger partial charge < -0.3 is 4.90 Å². The van der Waals surface area contributed by atoms with Gasteiger partial charge in [-0.15, -0.1) is 0 Å². The Morgan fingerprint density at radius 1 is 0.422 bits per heavy atom. The zero-order valence-corrected chi connectivity index (χ0v) is 24.3. The number of rotatable bonds is 4. The zero-order valence-electron chi connectivity index (χ0n) is 24.3. The summed E-state index contributed by atoms with van der Waals surface area (Å²) in [4.78, 5) is 19.2. The van der Waals surface area contributed by atoms with Crippen molar-refractivity contribution in [2.75, 3.05) is 9.80 Å². The number of hydrogen-bond acceptors (Lipinski definition) is 5. The lowest BCUT2D eigenvalue weighted by Gasteiger charge is -2.43. The molecular formula is C39H26BN5. The van der Waals surface area contributed by atoms with Crippen molar-refractivity contribution in [2.45, 2.75) is 0 Å². The molecule has 4 aromatic carbocycles. The zero-order chi connectivity index (χ0) is 29.7. The molecule has 9 rings (SSSR count). The maximum Gasteiger partial charge on any atom is 0.254 e. The molecule has 5 heterocycles. The van der Waals surface area contributed by atoms with E-state index in [4.69, 9.17) is 15.0 Å². The number of aromatic nitrogens is 3. The molecule has 0 saturated heterocycles. The minimum atomic E-state index is -0.0547. The second kappa shape index (κ2) is 10.3. The molecule has 0 radical (unpaired) electrons. The quantitative estimate of drug-likeness (QED) is 0.206.